The molecule has 0 unspecified atom stereocenters. The van der Waals surface area contributed by atoms with E-state index in [1.807, 2.05) is 55.1 Å². The van der Waals surface area contributed by atoms with Gasteiger partial charge >= 0.3 is 0 Å². The number of carbonyl (C=O) groups is 2. The highest BCUT2D eigenvalue weighted by molar-refractivity contribution is 5.95. The average Bonchev–Trinajstić information content (AvgIpc) is 2.94. The molecule has 1 aliphatic heterocycles. The zero-order valence-electron chi connectivity index (χ0n) is 17.7. The van der Waals surface area contributed by atoms with E-state index in [4.69, 9.17) is 0 Å². The second-order valence-corrected chi connectivity index (χ2v) is 7.80. The van der Waals surface area contributed by atoms with Gasteiger partial charge in [0.05, 0.1) is 6.54 Å². The quantitative estimate of drug-likeness (QED) is 0.844. The number of carbonyl (C=O) groups excluding carboxylic acids is 2. The van der Waals surface area contributed by atoms with E-state index in [9.17, 15) is 9.59 Å². The number of benzene rings is 2. The predicted octanol–water partition coefficient (Wildman–Crippen LogP) is 3.65. The van der Waals surface area contributed by atoms with Crippen LogP contribution in [0.1, 0.15) is 40.4 Å². The minimum absolute atomic E-state index is 0.00691. The number of aryl methyl sites for hydroxylation is 3. The molecular formula is C24H31N3O2. The Labute approximate surface area is 173 Å². The van der Waals surface area contributed by atoms with Crippen molar-refractivity contribution in [2.75, 3.05) is 38.0 Å². The van der Waals surface area contributed by atoms with Crippen LogP contribution in [-0.4, -0.2) is 54.3 Å². The van der Waals surface area contributed by atoms with E-state index in [0.717, 1.165) is 53.9 Å². The van der Waals surface area contributed by atoms with Gasteiger partial charge in [0.2, 0.25) is 5.91 Å². The van der Waals surface area contributed by atoms with Crippen molar-refractivity contribution < 1.29 is 9.59 Å². The molecule has 1 N–H and O–H groups in total. The van der Waals surface area contributed by atoms with Crippen LogP contribution in [0.5, 0.6) is 0 Å². The molecule has 1 heterocycles. The van der Waals surface area contributed by atoms with Gasteiger partial charge in [0.15, 0.2) is 0 Å². The summed E-state index contributed by atoms with van der Waals surface area (Å²) in [5.74, 6) is 0.0833. The molecular weight excluding hydrogens is 362 g/mol. The lowest BCUT2D eigenvalue weighted by molar-refractivity contribution is -0.117. The van der Waals surface area contributed by atoms with Gasteiger partial charge < -0.3 is 10.2 Å². The molecule has 5 heteroatoms. The molecule has 2 amide bonds. The summed E-state index contributed by atoms with van der Waals surface area (Å²) in [4.78, 5) is 29.5. The predicted molar refractivity (Wildman–Crippen MR) is 117 cm³/mol. The highest BCUT2D eigenvalue weighted by atomic mass is 16.2. The molecule has 2 aromatic carbocycles. The number of nitrogens with zero attached hydrogens (tertiary/aromatic N) is 2. The van der Waals surface area contributed by atoms with Crippen molar-refractivity contribution in [3.63, 3.8) is 0 Å². The highest BCUT2D eigenvalue weighted by Gasteiger charge is 2.22. The van der Waals surface area contributed by atoms with E-state index in [1.165, 1.54) is 0 Å². The van der Waals surface area contributed by atoms with Crippen LogP contribution >= 0.6 is 0 Å². The van der Waals surface area contributed by atoms with Gasteiger partial charge in [-0.1, -0.05) is 42.8 Å². The van der Waals surface area contributed by atoms with Crippen LogP contribution in [0.4, 0.5) is 5.69 Å². The summed E-state index contributed by atoms with van der Waals surface area (Å²) < 4.78 is 0. The SMILES string of the molecule is CCc1cccc(C)c1NC(=O)CN1CCCN(C(=O)c2cccc(C)c2)CC1. The maximum absolute atomic E-state index is 12.8. The van der Waals surface area contributed by atoms with Crippen molar-refractivity contribution in [3.05, 3.63) is 64.7 Å². The molecule has 29 heavy (non-hydrogen) atoms. The van der Waals surface area contributed by atoms with Gasteiger partial charge in [-0.3, -0.25) is 14.5 Å². The van der Waals surface area contributed by atoms with Gasteiger partial charge in [0.1, 0.15) is 0 Å². The van der Waals surface area contributed by atoms with Gasteiger partial charge in [0.25, 0.3) is 5.91 Å². The van der Waals surface area contributed by atoms with Gasteiger partial charge in [-0.25, -0.2) is 0 Å². The molecule has 1 aliphatic rings. The van der Waals surface area contributed by atoms with Crippen LogP contribution in [0.2, 0.25) is 0 Å². The zero-order valence-corrected chi connectivity index (χ0v) is 17.7. The van der Waals surface area contributed by atoms with Crippen LogP contribution in [0, 0.1) is 13.8 Å². The third kappa shape index (κ3) is 5.45. The van der Waals surface area contributed by atoms with Gasteiger partial charge in [0, 0.05) is 37.4 Å². The number of anilines is 1. The van der Waals surface area contributed by atoms with Gasteiger partial charge in [-0.05, 0) is 49.9 Å². The molecule has 3 rings (SSSR count). The summed E-state index contributed by atoms with van der Waals surface area (Å²) in [6.07, 6.45) is 1.76. The Bertz CT molecular complexity index is 878. The second kappa shape index (κ2) is 9.70. The molecule has 0 radical (unpaired) electrons. The third-order valence-electron chi connectivity index (χ3n) is 5.51. The summed E-state index contributed by atoms with van der Waals surface area (Å²) in [7, 11) is 0. The third-order valence-corrected chi connectivity index (χ3v) is 5.51. The molecule has 2 aromatic rings. The summed E-state index contributed by atoms with van der Waals surface area (Å²) in [6.45, 7) is 9.36. The Hall–Kier alpha value is -2.66. The topological polar surface area (TPSA) is 52.7 Å². The van der Waals surface area contributed by atoms with E-state index in [-0.39, 0.29) is 11.8 Å². The monoisotopic (exact) mass is 393 g/mol. The van der Waals surface area contributed by atoms with Crippen LogP contribution in [0.25, 0.3) is 0 Å². The summed E-state index contributed by atoms with van der Waals surface area (Å²) in [5, 5.41) is 3.10. The highest BCUT2D eigenvalue weighted by Crippen LogP contribution is 2.21. The lowest BCUT2D eigenvalue weighted by Gasteiger charge is -2.22. The van der Waals surface area contributed by atoms with Gasteiger partial charge in [-0.15, -0.1) is 0 Å². The molecule has 0 aromatic heterocycles. The molecule has 154 valence electrons. The van der Waals surface area contributed by atoms with Crippen LogP contribution in [0.3, 0.4) is 0 Å². The molecule has 1 saturated heterocycles. The van der Waals surface area contributed by atoms with Crippen molar-refractivity contribution in [2.24, 2.45) is 0 Å². The molecule has 0 spiro atoms. The summed E-state index contributed by atoms with van der Waals surface area (Å²) in [5.41, 5.74) is 5.01. The Morgan fingerprint density at radius 1 is 1.00 bits per heavy atom. The van der Waals surface area contributed by atoms with E-state index in [0.29, 0.717) is 19.6 Å². The maximum Gasteiger partial charge on any atom is 0.253 e. The number of hydrogen-bond acceptors (Lipinski definition) is 3. The van der Waals surface area contributed by atoms with Crippen molar-refractivity contribution in [2.45, 2.75) is 33.6 Å². The Kier molecular flexibility index (Phi) is 7.04. The molecule has 0 saturated carbocycles. The van der Waals surface area contributed by atoms with Gasteiger partial charge in [-0.2, -0.15) is 0 Å². The summed E-state index contributed by atoms with van der Waals surface area (Å²) in [6, 6.07) is 13.8. The van der Waals surface area contributed by atoms with Crippen LogP contribution in [-0.2, 0) is 11.2 Å². The van der Waals surface area contributed by atoms with Crippen molar-refractivity contribution in [1.82, 2.24) is 9.80 Å². The first-order chi connectivity index (χ1) is 14.0. The number of para-hydroxylation sites is 1. The fraction of sp³-hybridized carbons (Fsp3) is 0.417. The largest absolute Gasteiger partial charge is 0.337 e. The minimum Gasteiger partial charge on any atom is -0.337 e. The fourth-order valence-electron chi connectivity index (χ4n) is 3.88. The lowest BCUT2D eigenvalue weighted by atomic mass is 10.1. The molecule has 0 bridgehead atoms. The van der Waals surface area contributed by atoms with Crippen molar-refractivity contribution in [1.29, 1.82) is 0 Å². The first-order valence-corrected chi connectivity index (χ1v) is 10.4. The molecule has 1 fully saturated rings. The first-order valence-electron chi connectivity index (χ1n) is 10.4. The van der Waals surface area contributed by atoms with Crippen molar-refractivity contribution >= 4 is 17.5 Å². The smallest absolute Gasteiger partial charge is 0.253 e. The molecule has 0 atom stereocenters. The van der Waals surface area contributed by atoms with Crippen LogP contribution < -0.4 is 5.32 Å². The standard InChI is InChI=1S/C24H31N3O2/c1-4-20-10-6-9-19(3)23(20)25-22(28)17-26-12-7-13-27(15-14-26)24(29)21-11-5-8-18(2)16-21/h5-6,8-11,16H,4,7,12-15,17H2,1-3H3,(H,25,28). The van der Waals surface area contributed by atoms with E-state index < -0.39 is 0 Å². The fourth-order valence-corrected chi connectivity index (χ4v) is 3.88. The molecule has 0 aliphatic carbocycles. The lowest BCUT2D eigenvalue weighted by Crippen LogP contribution is -2.38. The maximum atomic E-state index is 12.8. The Morgan fingerprint density at radius 2 is 1.79 bits per heavy atom. The minimum atomic E-state index is 0.00691. The summed E-state index contributed by atoms with van der Waals surface area (Å²) >= 11 is 0. The first kappa shape index (κ1) is 21.1. The van der Waals surface area contributed by atoms with Crippen LogP contribution in [0.15, 0.2) is 42.5 Å². The number of rotatable bonds is 5. The van der Waals surface area contributed by atoms with E-state index in [1.54, 1.807) is 0 Å². The number of nitrogens with one attached hydrogen (secondary N) is 1. The number of amides is 2. The zero-order chi connectivity index (χ0) is 20.8. The van der Waals surface area contributed by atoms with Crippen molar-refractivity contribution in [3.8, 4) is 0 Å². The van der Waals surface area contributed by atoms with E-state index in [2.05, 4.69) is 23.2 Å². The second-order valence-electron chi connectivity index (χ2n) is 7.80. The normalized spacial score (nSPS) is 15.1. The molecule has 5 nitrogen and oxygen atoms in total. The number of hydrogen-bond donors (Lipinski definition) is 1. The average molecular weight is 394 g/mol. The Morgan fingerprint density at radius 3 is 2.55 bits per heavy atom. The Balaban J connectivity index is 1.57. The van der Waals surface area contributed by atoms with E-state index >= 15 is 0 Å².